The van der Waals surface area contributed by atoms with Gasteiger partial charge in [-0.15, -0.1) is 0 Å². The molecule has 43 heavy (non-hydrogen) atoms. The zero-order valence-electron chi connectivity index (χ0n) is 24.2. The third-order valence-electron chi connectivity index (χ3n) is 9.42. The van der Waals surface area contributed by atoms with Gasteiger partial charge in [0.25, 0.3) is 11.6 Å². The van der Waals surface area contributed by atoms with Gasteiger partial charge in [-0.2, -0.15) is 0 Å². The monoisotopic (exact) mass is 659 g/mol. The Bertz CT molecular complexity index is 1500. The van der Waals surface area contributed by atoms with E-state index >= 15 is 0 Å². The molecule has 14 heteroatoms. The molecule has 13 nitrogen and oxygen atoms in total. The second-order valence-corrected chi connectivity index (χ2v) is 12.4. The third-order valence-corrected chi connectivity index (χ3v) is 10.2. The van der Waals surface area contributed by atoms with Crippen LogP contribution >= 0.6 is 15.9 Å². The summed E-state index contributed by atoms with van der Waals surface area (Å²) in [5.41, 5.74) is 1.47. The van der Waals surface area contributed by atoms with Crippen LogP contribution in [0.4, 0.5) is 10.5 Å². The molecule has 2 saturated heterocycles. The maximum Gasteiger partial charge on any atom is 0.410 e. The number of non-ortho nitro benzene ring substituents is 1. The van der Waals surface area contributed by atoms with E-state index in [-0.39, 0.29) is 47.2 Å². The number of alkyl halides is 1. The highest BCUT2D eigenvalue weighted by Crippen LogP contribution is 2.51. The maximum atomic E-state index is 14.0. The molecule has 1 saturated carbocycles. The highest BCUT2D eigenvalue weighted by Gasteiger charge is 2.60. The molecule has 2 amide bonds. The summed E-state index contributed by atoms with van der Waals surface area (Å²) in [7, 11) is 3.36. The van der Waals surface area contributed by atoms with Crippen molar-refractivity contribution < 1.29 is 33.2 Å². The summed E-state index contributed by atoms with van der Waals surface area (Å²) in [6.07, 6.45) is -0.646. The Morgan fingerprint density at radius 3 is 2.60 bits per heavy atom. The number of rotatable bonds is 5. The quantitative estimate of drug-likeness (QED) is 0.220. The number of hydrogen-bond acceptors (Lipinski definition) is 10. The number of esters is 1. The average molecular weight is 661 g/mol. The zero-order valence-corrected chi connectivity index (χ0v) is 25.7. The number of nitro groups is 1. The lowest BCUT2D eigenvalue weighted by Gasteiger charge is -2.45. The minimum absolute atomic E-state index is 0.00597. The number of furan rings is 1. The standard InChI is InChI=1S/C29H34BrN5O8/c1-15-23(28(37)41-3)25-24-17(13-30)14-34(27(36)22-11-16-10-18(35(39)40)4-5-20(16)42-22)19(24)12-21(26(25)31-15)43-29(38)33-8-6-32(2)7-9-33/h4-5,10-11,17,19,21,24-26,31H,6-9,12-14H2,1-3H3/t17?,19?,21?,24?,25-,26?/m0/s1. The van der Waals surface area contributed by atoms with Crippen molar-refractivity contribution in [1.82, 2.24) is 20.0 Å². The molecule has 4 aliphatic rings. The second kappa shape index (κ2) is 11.5. The number of carbonyl (C=O) groups excluding carboxylic acids is 3. The topological polar surface area (TPSA) is 148 Å². The number of nitrogens with zero attached hydrogens (tertiary/aromatic N) is 4. The zero-order chi connectivity index (χ0) is 30.6. The van der Waals surface area contributed by atoms with Gasteiger partial charge in [0.15, 0.2) is 5.76 Å². The Kier molecular flexibility index (Phi) is 7.84. The summed E-state index contributed by atoms with van der Waals surface area (Å²) in [6, 6.07) is 5.01. The van der Waals surface area contributed by atoms with Crippen molar-refractivity contribution in [1.29, 1.82) is 0 Å². The van der Waals surface area contributed by atoms with Crippen LogP contribution in [0.2, 0.25) is 0 Å². The van der Waals surface area contributed by atoms with Gasteiger partial charge in [0, 0.05) is 79.7 Å². The summed E-state index contributed by atoms with van der Waals surface area (Å²) in [5.74, 6) is -1.22. The Hall–Kier alpha value is -3.65. The molecular weight excluding hydrogens is 626 g/mol. The lowest BCUT2D eigenvalue weighted by Crippen LogP contribution is -2.58. The number of ether oxygens (including phenoxy) is 2. The minimum atomic E-state index is -0.613. The van der Waals surface area contributed by atoms with Gasteiger partial charge in [0.2, 0.25) is 0 Å². The number of nitrogens with one attached hydrogen (secondary N) is 1. The van der Waals surface area contributed by atoms with Crippen LogP contribution in [-0.2, 0) is 14.3 Å². The van der Waals surface area contributed by atoms with E-state index in [1.807, 2.05) is 14.0 Å². The number of amides is 2. The molecule has 1 aliphatic carbocycles. The van der Waals surface area contributed by atoms with Gasteiger partial charge >= 0.3 is 12.1 Å². The first-order valence-electron chi connectivity index (χ1n) is 14.4. The van der Waals surface area contributed by atoms with Crippen LogP contribution < -0.4 is 5.32 Å². The number of halogens is 1. The Labute approximate surface area is 256 Å². The molecule has 4 heterocycles. The molecule has 6 rings (SSSR count). The molecule has 1 aromatic carbocycles. The number of methoxy groups -OCH3 is 1. The highest BCUT2D eigenvalue weighted by atomic mass is 79.9. The Morgan fingerprint density at radius 1 is 1.19 bits per heavy atom. The van der Waals surface area contributed by atoms with Crippen LogP contribution in [0.15, 0.2) is 40.0 Å². The Balaban J connectivity index is 1.33. The third kappa shape index (κ3) is 5.13. The molecular formula is C29H34BrN5O8. The first-order chi connectivity index (χ1) is 20.6. The van der Waals surface area contributed by atoms with Gasteiger partial charge in [-0.3, -0.25) is 14.9 Å². The highest BCUT2D eigenvalue weighted by molar-refractivity contribution is 9.09. The number of likely N-dealkylation sites (N-methyl/N-ethyl adjacent to an activating group) is 1. The van der Waals surface area contributed by atoms with E-state index < -0.39 is 23.1 Å². The molecule has 0 spiro atoms. The summed E-state index contributed by atoms with van der Waals surface area (Å²) >= 11 is 3.65. The molecule has 2 aromatic rings. The lowest BCUT2D eigenvalue weighted by atomic mass is 9.67. The predicted molar refractivity (Wildman–Crippen MR) is 158 cm³/mol. The number of piperazine rings is 1. The first-order valence-corrected chi connectivity index (χ1v) is 15.5. The number of benzene rings is 1. The van der Waals surface area contributed by atoms with Gasteiger partial charge in [-0.1, -0.05) is 15.9 Å². The van der Waals surface area contributed by atoms with E-state index in [2.05, 4.69) is 26.1 Å². The van der Waals surface area contributed by atoms with Crippen LogP contribution in [0, 0.1) is 27.9 Å². The van der Waals surface area contributed by atoms with E-state index in [0.717, 1.165) is 13.1 Å². The molecule has 3 aliphatic heterocycles. The SMILES string of the molecule is COC(=O)C1=C(C)NC2C(OC(=O)N3CCN(C)CC3)CC3C(C(CBr)CN3C(=O)c3cc4cc([N+](=O)[O-])ccc4o3)[C@H]12. The normalized spacial score (nSPS) is 28.8. The fraction of sp³-hybridized carbons (Fsp3) is 0.552. The molecule has 6 atom stereocenters. The Morgan fingerprint density at radius 2 is 1.93 bits per heavy atom. The fourth-order valence-corrected chi connectivity index (χ4v) is 7.96. The smallest absolute Gasteiger partial charge is 0.410 e. The summed E-state index contributed by atoms with van der Waals surface area (Å²) < 4.78 is 17.2. The lowest BCUT2D eigenvalue weighted by molar-refractivity contribution is -0.384. The summed E-state index contributed by atoms with van der Waals surface area (Å²) in [6.45, 7) is 4.83. The fourth-order valence-electron chi connectivity index (χ4n) is 7.33. The van der Waals surface area contributed by atoms with Crippen molar-refractivity contribution in [2.75, 3.05) is 52.2 Å². The largest absolute Gasteiger partial charge is 0.466 e. The van der Waals surface area contributed by atoms with Crippen molar-refractivity contribution in [2.24, 2.45) is 17.8 Å². The number of allylic oxidation sites excluding steroid dienone is 1. The average Bonchev–Trinajstić information content (AvgIpc) is 3.69. The van der Waals surface area contributed by atoms with Crippen LogP contribution in [0.1, 0.15) is 23.9 Å². The molecule has 230 valence electrons. The predicted octanol–water partition coefficient (Wildman–Crippen LogP) is 2.98. The van der Waals surface area contributed by atoms with Crippen molar-refractivity contribution in [2.45, 2.75) is 31.5 Å². The molecule has 1 N–H and O–H groups in total. The molecule has 1 aromatic heterocycles. The number of hydrogen-bond donors (Lipinski definition) is 1. The molecule has 0 bridgehead atoms. The van der Waals surface area contributed by atoms with Gasteiger partial charge < -0.3 is 33.9 Å². The van der Waals surface area contributed by atoms with Crippen LogP contribution in [0.3, 0.4) is 0 Å². The number of fused-ring (bicyclic) bond motifs is 4. The molecule has 5 unspecified atom stereocenters. The van der Waals surface area contributed by atoms with Gasteiger partial charge in [0.1, 0.15) is 11.7 Å². The number of likely N-dealkylation sites (tertiary alicyclic amines) is 1. The van der Waals surface area contributed by atoms with Crippen LogP contribution in [-0.4, -0.2) is 108 Å². The second-order valence-electron chi connectivity index (χ2n) is 11.8. The number of nitro benzene ring substituents is 1. The van der Waals surface area contributed by atoms with Gasteiger partial charge in [0.05, 0.1) is 23.6 Å². The van der Waals surface area contributed by atoms with Gasteiger partial charge in [-0.25, -0.2) is 9.59 Å². The van der Waals surface area contributed by atoms with Crippen molar-refractivity contribution in [3.8, 4) is 0 Å². The first kappa shape index (κ1) is 29.4. The van der Waals surface area contributed by atoms with Crippen molar-refractivity contribution >= 4 is 50.6 Å². The van der Waals surface area contributed by atoms with E-state index in [9.17, 15) is 24.5 Å². The van der Waals surface area contributed by atoms with E-state index in [1.165, 1.54) is 31.4 Å². The van der Waals surface area contributed by atoms with Gasteiger partial charge in [-0.05, 0) is 37.9 Å². The molecule has 3 fully saturated rings. The summed E-state index contributed by atoms with van der Waals surface area (Å²) in [4.78, 5) is 56.8. The van der Waals surface area contributed by atoms with Crippen molar-refractivity contribution in [3.63, 3.8) is 0 Å². The van der Waals surface area contributed by atoms with Crippen molar-refractivity contribution in [3.05, 3.63) is 51.4 Å². The maximum absolute atomic E-state index is 14.0. The van der Waals surface area contributed by atoms with Crippen LogP contribution in [0.25, 0.3) is 11.0 Å². The minimum Gasteiger partial charge on any atom is -0.466 e. The number of carbonyl (C=O) groups is 3. The summed E-state index contributed by atoms with van der Waals surface area (Å²) in [5, 5.41) is 15.7. The molecule has 0 radical (unpaired) electrons. The van der Waals surface area contributed by atoms with E-state index in [4.69, 9.17) is 13.9 Å². The van der Waals surface area contributed by atoms with E-state index in [0.29, 0.717) is 53.6 Å². The van der Waals surface area contributed by atoms with E-state index in [1.54, 1.807) is 9.80 Å². The van der Waals surface area contributed by atoms with Crippen LogP contribution in [0.5, 0.6) is 0 Å².